The van der Waals surface area contributed by atoms with Gasteiger partial charge in [0.1, 0.15) is 0 Å². The second-order valence-electron chi connectivity index (χ2n) is 6.47. The largest absolute Gasteiger partial charge is 0.299 e. The first kappa shape index (κ1) is 17.0. The van der Waals surface area contributed by atoms with Gasteiger partial charge in [-0.3, -0.25) is 9.62 Å². The average Bonchev–Trinajstić information content (AvgIpc) is 2.54. The lowest BCUT2D eigenvalue weighted by Gasteiger charge is -2.29. The third kappa shape index (κ3) is 4.82. The standard InChI is InChI=1S/C19H24N2O2S/c1-24(22,23)20-19-10-9-18-15-21(13-11-17(18)14-19)12-5-8-16-6-3-2-4-7-16/h2-4,6-7,9-10,14,20H,5,8,11-13,15H2,1H3. The molecule has 1 aliphatic rings. The molecule has 24 heavy (non-hydrogen) atoms. The van der Waals surface area contributed by atoms with Gasteiger partial charge < -0.3 is 0 Å². The summed E-state index contributed by atoms with van der Waals surface area (Å²) in [6.45, 7) is 3.07. The van der Waals surface area contributed by atoms with Gasteiger partial charge in [-0.2, -0.15) is 0 Å². The van der Waals surface area contributed by atoms with E-state index in [4.69, 9.17) is 0 Å². The van der Waals surface area contributed by atoms with Crippen LogP contribution in [-0.2, 0) is 29.4 Å². The van der Waals surface area contributed by atoms with Crippen LogP contribution in [0, 0.1) is 0 Å². The fourth-order valence-corrected chi connectivity index (χ4v) is 3.79. The fraction of sp³-hybridized carbons (Fsp3) is 0.368. The van der Waals surface area contributed by atoms with E-state index in [0.717, 1.165) is 38.9 Å². The van der Waals surface area contributed by atoms with E-state index < -0.39 is 10.0 Å². The lowest BCUT2D eigenvalue weighted by molar-refractivity contribution is 0.251. The molecule has 5 heteroatoms. The molecule has 0 atom stereocenters. The third-order valence-electron chi connectivity index (χ3n) is 4.38. The highest BCUT2D eigenvalue weighted by Gasteiger charge is 2.16. The van der Waals surface area contributed by atoms with Crippen LogP contribution in [0.2, 0.25) is 0 Å². The van der Waals surface area contributed by atoms with Crippen molar-refractivity contribution in [2.45, 2.75) is 25.8 Å². The summed E-state index contributed by atoms with van der Waals surface area (Å²) in [6.07, 6.45) is 4.43. The molecule has 2 aromatic carbocycles. The highest BCUT2D eigenvalue weighted by atomic mass is 32.2. The summed E-state index contributed by atoms with van der Waals surface area (Å²) in [5, 5.41) is 0. The monoisotopic (exact) mass is 344 g/mol. The molecular weight excluding hydrogens is 320 g/mol. The maximum atomic E-state index is 11.3. The number of fused-ring (bicyclic) bond motifs is 1. The third-order valence-corrected chi connectivity index (χ3v) is 4.99. The SMILES string of the molecule is CS(=O)(=O)Nc1ccc2c(c1)CCN(CCCc1ccccc1)C2. The van der Waals surface area contributed by atoms with E-state index >= 15 is 0 Å². The smallest absolute Gasteiger partial charge is 0.229 e. The van der Waals surface area contributed by atoms with E-state index in [-0.39, 0.29) is 0 Å². The van der Waals surface area contributed by atoms with Crippen molar-refractivity contribution in [2.24, 2.45) is 0 Å². The van der Waals surface area contributed by atoms with Crippen LogP contribution in [0.3, 0.4) is 0 Å². The van der Waals surface area contributed by atoms with Gasteiger partial charge in [0.05, 0.1) is 6.26 Å². The van der Waals surface area contributed by atoms with E-state index in [1.807, 2.05) is 18.2 Å². The van der Waals surface area contributed by atoms with Gasteiger partial charge in [-0.05, 0) is 54.6 Å². The Kier molecular flexibility index (Phi) is 5.21. The zero-order chi connectivity index (χ0) is 17.0. The van der Waals surface area contributed by atoms with Crippen molar-refractivity contribution in [3.63, 3.8) is 0 Å². The molecule has 0 fully saturated rings. The molecule has 0 bridgehead atoms. The molecule has 0 saturated heterocycles. The molecule has 0 saturated carbocycles. The normalized spacial score (nSPS) is 15.0. The lowest BCUT2D eigenvalue weighted by Crippen LogP contribution is -2.31. The average molecular weight is 344 g/mol. The van der Waals surface area contributed by atoms with Crippen LogP contribution < -0.4 is 4.72 Å². The van der Waals surface area contributed by atoms with Crippen molar-refractivity contribution in [1.29, 1.82) is 0 Å². The number of hydrogen-bond acceptors (Lipinski definition) is 3. The summed E-state index contributed by atoms with van der Waals surface area (Å²) < 4.78 is 25.2. The van der Waals surface area contributed by atoms with Crippen molar-refractivity contribution in [3.8, 4) is 0 Å². The zero-order valence-corrected chi connectivity index (χ0v) is 14.8. The molecule has 0 aliphatic carbocycles. The van der Waals surface area contributed by atoms with Crippen molar-refractivity contribution in [3.05, 3.63) is 65.2 Å². The number of sulfonamides is 1. The Bertz CT molecular complexity index is 788. The van der Waals surface area contributed by atoms with Crippen molar-refractivity contribution >= 4 is 15.7 Å². The molecular formula is C19H24N2O2S. The molecule has 1 heterocycles. The summed E-state index contributed by atoms with van der Waals surface area (Å²) >= 11 is 0. The van der Waals surface area contributed by atoms with E-state index in [9.17, 15) is 8.42 Å². The Hall–Kier alpha value is -1.85. The Morgan fingerprint density at radius 3 is 2.62 bits per heavy atom. The Morgan fingerprint density at radius 2 is 1.88 bits per heavy atom. The summed E-state index contributed by atoms with van der Waals surface area (Å²) in [5.74, 6) is 0. The topological polar surface area (TPSA) is 49.4 Å². The van der Waals surface area contributed by atoms with Crippen LogP contribution in [0.1, 0.15) is 23.1 Å². The van der Waals surface area contributed by atoms with Crippen LogP contribution in [0.4, 0.5) is 5.69 Å². The molecule has 0 radical (unpaired) electrons. The Morgan fingerprint density at radius 1 is 1.08 bits per heavy atom. The predicted molar refractivity (Wildman–Crippen MR) is 98.7 cm³/mol. The molecule has 128 valence electrons. The molecule has 3 rings (SSSR count). The van der Waals surface area contributed by atoms with Gasteiger partial charge in [0.2, 0.25) is 10.0 Å². The van der Waals surface area contributed by atoms with E-state index in [1.165, 1.54) is 22.9 Å². The number of hydrogen-bond donors (Lipinski definition) is 1. The summed E-state index contributed by atoms with van der Waals surface area (Å²) in [6, 6.07) is 16.5. The number of nitrogens with zero attached hydrogens (tertiary/aromatic N) is 1. The van der Waals surface area contributed by atoms with Crippen molar-refractivity contribution < 1.29 is 8.42 Å². The maximum absolute atomic E-state index is 11.3. The molecule has 1 N–H and O–H groups in total. The van der Waals surface area contributed by atoms with Gasteiger partial charge in [0, 0.05) is 18.8 Å². The lowest BCUT2D eigenvalue weighted by atomic mass is 9.98. The molecule has 0 aromatic heterocycles. The van der Waals surface area contributed by atoms with Gasteiger partial charge in [0.25, 0.3) is 0 Å². The summed E-state index contributed by atoms with van der Waals surface area (Å²) in [4.78, 5) is 2.48. The maximum Gasteiger partial charge on any atom is 0.229 e. The van der Waals surface area contributed by atoms with Gasteiger partial charge >= 0.3 is 0 Å². The highest BCUT2D eigenvalue weighted by molar-refractivity contribution is 7.92. The van der Waals surface area contributed by atoms with Crippen LogP contribution in [0.5, 0.6) is 0 Å². The number of benzene rings is 2. The first-order chi connectivity index (χ1) is 11.5. The number of anilines is 1. The van der Waals surface area contributed by atoms with E-state index in [0.29, 0.717) is 5.69 Å². The van der Waals surface area contributed by atoms with Gasteiger partial charge in [-0.15, -0.1) is 0 Å². The van der Waals surface area contributed by atoms with Crippen LogP contribution in [0.25, 0.3) is 0 Å². The van der Waals surface area contributed by atoms with E-state index in [1.54, 1.807) is 0 Å². The molecule has 1 aliphatic heterocycles. The summed E-state index contributed by atoms with van der Waals surface area (Å²) in [5.41, 5.74) is 4.61. The number of rotatable bonds is 6. The molecule has 0 amide bonds. The van der Waals surface area contributed by atoms with Crippen LogP contribution >= 0.6 is 0 Å². The predicted octanol–water partition coefficient (Wildman–Crippen LogP) is 3.05. The number of aryl methyl sites for hydroxylation is 1. The molecule has 4 nitrogen and oxygen atoms in total. The first-order valence-corrected chi connectivity index (χ1v) is 10.2. The zero-order valence-electron chi connectivity index (χ0n) is 14.0. The molecule has 0 unspecified atom stereocenters. The Labute approximate surface area is 144 Å². The highest BCUT2D eigenvalue weighted by Crippen LogP contribution is 2.23. The van der Waals surface area contributed by atoms with Crippen LogP contribution in [-0.4, -0.2) is 32.7 Å². The first-order valence-electron chi connectivity index (χ1n) is 8.35. The summed E-state index contributed by atoms with van der Waals surface area (Å²) in [7, 11) is -3.21. The second kappa shape index (κ2) is 7.36. The molecule has 2 aromatic rings. The van der Waals surface area contributed by atoms with Crippen LogP contribution in [0.15, 0.2) is 48.5 Å². The van der Waals surface area contributed by atoms with Gasteiger partial charge in [-0.1, -0.05) is 36.4 Å². The van der Waals surface area contributed by atoms with Gasteiger partial charge in [0.15, 0.2) is 0 Å². The fourth-order valence-electron chi connectivity index (χ4n) is 3.23. The minimum absolute atomic E-state index is 0.661. The number of nitrogens with one attached hydrogen (secondary N) is 1. The van der Waals surface area contributed by atoms with Gasteiger partial charge in [-0.25, -0.2) is 8.42 Å². The molecule has 0 spiro atoms. The van der Waals surface area contributed by atoms with Crippen molar-refractivity contribution in [1.82, 2.24) is 4.90 Å². The minimum Gasteiger partial charge on any atom is -0.299 e. The second-order valence-corrected chi connectivity index (χ2v) is 8.22. The quantitative estimate of drug-likeness (QED) is 0.876. The Balaban J connectivity index is 1.55. The van der Waals surface area contributed by atoms with E-state index in [2.05, 4.69) is 40.0 Å². The van der Waals surface area contributed by atoms with Crippen molar-refractivity contribution in [2.75, 3.05) is 24.1 Å². The minimum atomic E-state index is -3.21.